The number of allylic oxidation sites excluding steroid dienone is 3. The number of nitrogens with one attached hydrogen (secondary N) is 1. The molecule has 8 nitrogen and oxygen atoms in total. The second-order valence-electron chi connectivity index (χ2n) is 18.9. The van der Waals surface area contributed by atoms with Crippen LogP contribution in [0.5, 0.6) is 0 Å². The van der Waals surface area contributed by atoms with Gasteiger partial charge in [-0.05, 0) is 32.1 Å². The minimum absolute atomic E-state index is 0.0584. The standard InChI is InChI=1S/C51H101N2O6P/c1-6-8-10-12-14-16-18-20-22-23-24-25-26-27-28-29-30-31-33-35-37-39-41-43-45-51(55)52-49(48-59-60(56,57)58-47-46-53(3,4)5)50(54)44-42-40-38-36-34-32-21-19-17-15-13-11-9-7-2/h34,36,42,44,49-50,54H,6-33,35,37-41,43,45-48H2,1-5H3,(H-,52,55,56,57)/p+1/b36-34+,44-42+. The van der Waals surface area contributed by atoms with Crippen LogP contribution in [0, 0.1) is 0 Å². The predicted molar refractivity (Wildman–Crippen MR) is 258 cm³/mol. The first kappa shape index (κ1) is 59.0. The number of aliphatic hydroxyl groups is 1. The quantitative estimate of drug-likeness (QED) is 0.0243. The summed E-state index contributed by atoms with van der Waals surface area (Å²) in [6, 6.07) is -0.858. The maximum Gasteiger partial charge on any atom is 0.472 e. The van der Waals surface area contributed by atoms with Crippen molar-refractivity contribution in [3.63, 3.8) is 0 Å². The Bertz CT molecular complexity index is 1030. The van der Waals surface area contributed by atoms with Gasteiger partial charge in [-0.3, -0.25) is 13.8 Å². The highest BCUT2D eigenvalue weighted by molar-refractivity contribution is 7.47. The Morgan fingerprint density at radius 1 is 0.550 bits per heavy atom. The fraction of sp³-hybridized carbons (Fsp3) is 0.902. The molecule has 0 saturated heterocycles. The minimum atomic E-state index is -4.34. The summed E-state index contributed by atoms with van der Waals surface area (Å²) in [5.74, 6) is -0.183. The van der Waals surface area contributed by atoms with E-state index >= 15 is 0 Å². The molecule has 0 aromatic heterocycles. The Hall–Kier alpha value is -1.02. The lowest BCUT2D eigenvalue weighted by molar-refractivity contribution is -0.870. The van der Waals surface area contributed by atoms with Crippen LogP contribution in [0.3, 0.4) is 0 Å². The van der Waals surface area contributed by atoms with E-state index < -0.39 is 20.0 Å². The largest absolute Gasteiger partial charge is 0.472 e. The lowest BCUT2D eigenvalue weighted by atomic mass is 10.0. The van der Waals surface area contributed by atoms with E-state index in [4.69, 9.17) is 9.05 Å². The number of phosphoric acid groups is 1. The van der Waals surface area contributed by atoms with Gasteiger partial charge in [0.2, 0.25) is 5.91 Å². The van der Waals surface area contributed by atoms with Crippen LogP contribution >= 0.6 is 7.82 Å². The number of phosphoric ester groups is 1. The van der Waals surface area contributed by atoms with Gasteiger partial charge in [-0.25, -0.2) is 4.57 Å². The molecule has 1 amide bonds. The van der Waals surface area contributed by atoms with Gasteiger partial charge < -0.3 is 19.8 Å². The van der Waals surface area contributed by atoms with Gasteiger partial charge in [0.25, 0.3) is 0 Å². The highest BCUT2D eigenvalue weighted by Crippen LogP contribution is 2.43. The molecule has 356 valence electrons. The number of hydrogen-bond acceptors (Lipinski definition) is 5. The first-order valence-corrected chi connectivity index (χ1v) is 27.2. The molecule has 0 heterocycles. The Morgan fingerprint density at radius 2 is 0.917 bits per heavy atom. The van der Waals surface area contributed by atoms with Crippen molar-refractivity contribution in [2.45, 2.75) is 257 Å². The van der Waals surface area contributed by atoms with Gasteiger partial charge in [0, 0.05) is 6.42 Å². The van der Waals surface area contributed by atoms with Crippen LogP contribution < -0.4 is 5.32 Å². The Labute approximate surface area is 373 Å². The number of nitrogens with zero attached hydrogens (tertiary/aromatic N) is 1. The zero-order valence-electron chi connectivity index (χ0n) is 40.5. The van der Waals surface area contributed by atoms with Crippen LogP contribution in [0.1, 0.15) is 245 Å². The molecular formula is C51H102N2O6P+. The molecule has 3 atom stereocenters. The Morgan fingerprint density at radius 3 is 1.33 bits per heavy atom. The fourth-order valence-corrected chi connectivity index (χ4v) is 8.32. The summed E-state index contributed by atoms with van der Waals surface area (Å²) in [5.41, 5.74) is 0. The van der Waals surface area contributed by atoms with Gasteiger partial charge in [-0.2, -0.15) is 0 Å². The third kappa shape index (κ3) is 45.0. The highest BCUT2D eigenvalue weighted by Gasteiger charge is 2.27. The summed E-state index contributed by atoms with van der Waals surface area (Å²) < 4.78 is 23.6. The third-order valence-electron chi connectivity index (χ3n) is 11.7. The SMILES string of the molecule is CCCCCCCCCC/C=C/CC/C=C/C(O)C(COP(=O)(O)OCC[N+](C)(C)C)NC(=O)CCCCCCCCCCCCCCCCCCCCCCCCCC. The molecule has 0 rings (SSSR count). The number of rotatable bonds is 47. The second kappa shape index (κ2) is 43.2. The Kier molecular flexibility index (Phi) is 42.5. The zero-order valence-corrected chi connectivity index (χ0v) is 41.4. The van der Waals surface area contributed by atoms with E-state index in [9.17, 15) is 19.4 Å². The summed E-state index contributed by atoms with van der Waals surface area (Å²) in [4.78, 5) is 23.2. The van der Waals surface area contributed by atoms with E-state index in [0.29, 0.717) is 17.4 Å². The highest BCUT2D eigenvalue weighted by atomic mass is 31.2. The van der Waals surface area contributed by atoms with Crippen molar-refractivity contribution in [1.82, 2.24) is 5.32 Å². The van der Waals surface area contributed by atoms with Gasteiger partial charge in [-0.1, -0.05) is 231 Å². The molecule has 0 aromatic carbocycles. The van der Waals surface area contributed by atoms with E-state index in [2.05, 4.69) is 31.3 Å². The monoisotopic (exact) mass is 870 g/mol. The first-order valence-electron chi connectivity index (χ1n) is 25.7. The van der Waals surface area contributed by atoms with Crippen molar-refractivity contribution in [3.05, 3.63) is 24.3 Å². The number of quaternary nitrogens is 1. The van der Waals surface area contributed by atoms with Crippen LogP contribution in [0.4, 0.5) is 0 Å². The molecule has 0 fully saturated rings. The topological polar surface area (TPSA) is 105 Å². The number of carbonyl (C=O) groups excluding carboxylic acids is 1. The average Bonchev–Trinajstić information content (AvgIpc) is 3.20. The number of carbonyl (C=O) groups is 1. The molecular weight excluding hydrogens is 768 g/mol. The number of unbranched alkanes of at least 4 members (excludes halogenated alkanes) is 32. The number of aliphatic hydroxyl groups excluding tert-OH is 1. The zero-order chi connectivity index (χ0) is 44.3. The molecule has 9 heteroatoms. The van der Waals surface area contributed by atoms with Crippen LogP contribution in [-0.2, 0) is 18.4 Å². The average molecular weight is 870 g/mol. The third-order valence-corrected chi connectivity index (χ3v) is 12.7. The fourth-order valence-electron chi connectivity index (χ4n) is 7.59. The normalized spacial score (nSPS) is 14.3. The molecule has 60 heavy (non-hydrogen) atoms. The maximum atomic E-state index is 12.9. The van der Waals surface area contributed by atoms with Crippen LogP contribution in [0.15, 0.2) is 24.3 Å². The molecule has 0 radical (unpaired) electrons. The van der Waals surface area contributed by atoms with Gasteiger partial charge in [0.1, 0.15) is 13.2 Å². The van der Waals surface area contributed by atoms with E-state index in [1.807, 2.05) is 27.2 Å². The van der Waals surface area contributed by atoms with Crippen molar-refractivity contribution < 1.29 is 32.9 Å². The van der Waals surface area contributed by atoms with Crippen molar-refractivity contribution >= 4 is 13.7 Å². The lowest BCUT2D eigenvalue weighted by Crippen LogP contribution is -2.45. The molecule has 0 bridgehead atoms. The van der Waals surface area contributed by atoms with E-state index in [1.165, 1.54) is 186 Å². The van der Waals surface area contributed by atoms with Crippen molar-refractivity contribution in [2.75, 3.05) is 40.9 Å². The lowest BCUT2D eigenvalue weighted by Gasteiger charge is -2.25. The molecule has 0 aliphatic rings. The molecule has 0 aliphatic carbocycles. The number of amides is 1. The summed E-state index contributed by atoms with van der Waals surface area (Å²) in [6.45, 7) is 4.81. The molecule has 0 aromatic rings. The summed E-state index contributed by atoms with van der Waals surface area (Å²) in [6.07, 6.45) is 52.7. The molecule has 3 N–H and O–H groups in total. The van der Waals surface area contributed by atoms with E-state index in [1.54, 1.807) is 6.08 Å². The number of likely N-dealkylation sites (N-methyl/N-ethyl adjacent to an activating group) is 1. The molecule has 0 saturated carbocycles. The Balaban J connectivity index is 4.22. The van der Waals surface area contributed by atoms with E-state index in [0.717, 1.165) is 38.5 Å². The van der Waals surface area contributed by atoms with Crippen LogP contribution in [-0.4, -0.2) is 73.4 Å². The van der Waals surface area contributed by atoms with Crippen molar-refractivity contribution in [2.24, 2.45) is 0 Å². The summed E-state index contributed by atoms with van der Waals surface area (Å²) in [7, 11) is 1.56. The molecule has 0 aliphatic heterocycles. The molecule has 0 spiro atoms. The smallest absolute Gasteiger partial charge is 0.387 e. The first-order chi connectivity index (χ1) is 29.0. The van der Waals surface area contributed by atoms with Crippen LogP contribution in [0.2, 0.25) is 0 Å². The van der Waals surface area contributed by atoms with Crippen molar-refractivity contribution in [3.8, 4) is 0 Å². The van der Waals surface area contributed by atoms with Gasteiger partial charge >= 0.3 is 7.82 Å². The summed E-state index contributed by atoms with van der Waals surface area (Å²) in [5, 5.41) is 13.8. The predicted octanol–water partition coefficient (Wildman–Crippen LogP) is 14.9. The van der Waals surface area contributed by atoms with Crippen LogP contribution in [0.25, 0.3) is 0 Å². The van der Waals surface area contributed by atoms with Crippen molar-refractivity contribution in [1.29, 1.82) is 0 Å². The second-order valence-corrected chi connectivity index (χ2v) is 20.4. The van der Waals surface area contributed by atoms with Gasteiger partial charge in [-0.15, -0.1) is 0 Å². The number of hydrogen-bond donors (Lipinski definition) is 3. The summed E-state index contributed by atoms with van der Waals surface area (Å²) >= 11 is 0. The van der Waals surface area contributed by atoms with Gasteiger partial charge in [0.15, 0.2) is 0 Å². The van der Waals surface area contributed by atoms with Gasteiger partial charge in [0.05, 0.1) is 39.9 Å². The maximum absolute atomic E-state index is 12.9. The molecule has 3 unspecified atom stereocenters. The minimum Gasteiger partial charge on any atom is -0.387 e. The van der Waals surface area contributed by atoms with E-state index in [-0.39, 0.29) is 19.1 Å².